The van der Waals surface area contributed by atoms with Gasteiger partial charge in [-0.2, -0.15) is 0 Å². The summed E-state index contributed by atoms with van der Waals surface area (Å²) in [6.07, 6.45) is 0.843. The van der Waals surface area contributed by atoms with Crippen LogP contribution in [0.15, 0.2) is 45.7 Å². The third-order valence-corrected chi connectivity index (χ3v) is 5.72. The van der Waals surface area contributed by atoms with Crippen LogP contribution in [0, 0.1) is 5.82 Å². The number of carbonyl (C=O) groups is 1. The summed E-state index contributed by atoms with van der Waals surface area (Å²) in [7, 11) is 0. The van der Waals surface area contributed by atoms with Gasteiger partial charge in [-0.05, 0) is 49.1 Å². The minimum absolute atomic E-state index is 0.0923. The van der Waals surface area contributed by atoms with E-state index in [1.54, 1.807) is 11.4 Å². The molecule has 2 heterocycles. The fraction of sp³-hybridized carbons (Fsp3) is 0.278. The Hall–Kier alpha value is -2.19. The lowest BCUT2D eigenvalue weighted by Crippen LogP contribution is -2.33. The third kappa shape index (κ3) is 3.96. The summed E-state index contributed by atoms with van der Waals surface area (Å²) >= 11 is 2.50. The number of thiophene rings is 1. The zero-order valence-electron chi connectivity index (χ0n) is 14.4. The monoisotopic (exact) mass is 391 g/mol. The van der Waals surface area contributed by atoms with Gasteiger partial charge in [0.05, 0.1) is 17.0 Å². The number of nitrogens with zero attached hydrogens (tertiary/aromatic N) is 2. The van der Waals surface area contributed by atoms with Gasteiger partial charge in [0.1, 0.15) is 10.5 Å². The fourth-order valence-corrected chi connectivity index (χ4v) is 3.94. The highest BCUT2D eigenvalue weighted by molar-refractivity contribution is 7.99. The Morgan fingerprint density at radius 3 is 2.77 bits per heavy atom. The van der Waals surface area contributed by atoms with Gasteiger partial charge in [-0.1, -0.05) is 18.7 Å². The fourth-order valence-electron chi connectivity index (χ4n) is 2.36. The van der Waals surface area contributed by atoms with Gasteiger partial charge < -0.3 is 5.32 Å². The molecule has 8 heteroatoms. The van der Waals surface area contributed by atoms with Crippen molar-refractivity contribution in [3.05, 3.63) is 51.9 Å². The van der Waals surface area contributed by atoms with Crippen molar-refractivity contribution < 1.29 is 9.18 Å². The van der Waals surface area contributed by atoms with E-state index in [2.05, 4.69) is 10.3 Å². The minimum atomic E-state index is -0.380. The van der Waals surface area contributed by atoms with Crippen molar-refractivity contribution in [1.82, 2.24) is 14.9 Å². The van der Waals surface area contributed by atoms with Crippen LogP contribution < -0.4 is 10.9 Å². The van der Waals surface area contributed by atoms with Gasteiger partial charge in [-0.15, -0.1) is 11.3 Å². The molecular weight excluding hydrogens is 373 g/mol. The van der Waals surface area contributed by atoms with E-state index in [9.17, 15) is 14.0 Å². The van der Waals surface area contributed by atoms with Gasteiger partial charge >= 0.3 is 0 Å². The van der Waals surface area contributed by atoms with E-state index in [-0.39, 0.29) is 29.1 Å². The quantitative estimate of drug-likeness (QED) is 0.515. The number of hydrogen-bond acceptors (Lipinski definition) is 5. The van der Waals surface area contributed by atoms with Crippen molar-refractivity contribution in [3.8, 4) is 5.69 Å². The number of carbonyl (C=O) groups excluding carboxylic acids is 1. The second-order valence-corrected chi connectivity index (χ2v) is 7.67. The van der Waals surface area contributed by atoms with Crippen LogP contribution >= 0.6 is 23.1 Å². The Labute approximate surface area is 158 Å². The van der Waals surface area contributed by atoms with Crippen molar-refractivity contribution >= 4 is 39.2 Å². The average Bonchev–Trinajstić information content (AvgIpc) is 3.10. The zero-order chi connectivity index (χ0) is 18.7. The maximum absolute atomic E-state index is 13.3. The normalized spacial score (nSPS) is 12.3. The number of fused-ring (bicyclic) bond motifs is 1. The molecule has 1 amide bonds. The SMILES string of the molecule is CCC(C)NC(=O)CSc1nc2ccsc2c(=O)n1-c1ccc(F)cc1. The van der Waals surface area contributed by atoms with Crippen LogP contribution in [0.5, 0.6) is 0 Å². The Morgan fingerprint density at radius 1 is 1.35 bits per heavy atom. The Bertz CT molecular complexity index is 982. The lowest BCUT2D eigenvalue weighted by molar-refractivity contribution is -0.119. The molecule has 0 radical (unpaired) electrons. The summed E-state index contributed by atoms with van der Waals surface area (Å²) in [4.78, 5) is 29.5. The lowest BCUT2D eigenvalue weighted by Gasteiger charge is -2.13. The molecule has 0 saturated heterocycles. The number of rotatable bonds is 6. The van der Waals surface area contributed by atoms with Gasteiger partial charge in [0, 0.05) is 6.04 Å². The number of thioether (sulfide) groups is 1. The topological polar surface area (TPSA) is 64.0 Å². The molecule has 1 N–H and O–H groups in total. The first-order chi connectivity index (χ1) is 12.5. The van der Waals surface area contributed by atoms with Crippen molar-refractivity contribution in [2.24, 2.45) is 0 Å². The van der Waals surface area contributed by atoms with Crippen LogP contribution in [-0.2, 0) is 4.79 Å². The second-order valence-electron chi connectivity index (χ2n) is 5.81. The van der Waals surface area contributed by atoms with E-state index in [1.807, 2.05) is 13.8 Å². The first-order valence-corrected chi connectivity index (χ1v) is 10.0. The maximum atomic E-state index is 13.3. The van der Waals surface area contributed by atoms with Crippen LogP contribution in [0.2, 0.25) is 0 Å². The van der Waals surface area contributed by atoms with E-state index in [0.717, 1.165) is 6.42 Å². The number of hydrogen-bond donors (Lipinski definition) is 1. The van der Waals surface area contributed by atoms with Crippen LogP contribution in [-0.4, -0.2) is 27.3 Å². The molecule has 1 unspecified atom stereocenters. The molecule has 0 spiro atoms. The average molecular weight is 391 g/mol. The molecule has 5 nitrogen and oxygen atoms in total. The van der Waals surface area contributed by atoms with Crippen molar-refractivity contribution in [2.75, 3.05) is 5.75 Å². The number of benzene rings is 1. The van der Waals surface area contributed by atoms with Crippen LogP contribution in [0.25, 0.3) is 15.9 Å². The molecule has 26 heavy (non-hydrogen) atoms. The standard InChI is InChI=1S/C18H18FN3O2S2/c1-3-11(2)20-15(23)10-26-18-21-14-8-9-25-16(14)17(24)22(18)13-6-4-12(19)5-7-13/h4-9,11H,3,10H2,1-2H3,(H,20,23). The largest absolute Gasteiger partial charge is 0.353 e. The second kappa shape index (κ2) is 8.01. The number of nitrogens with one attached hydrogen (secondary N) is 1. The summed E-state index contributed by atoms with van der Waals surface area (Å²) in [6.45, 7) is 3.93. The highest BCUT2D eigenvalue weighted by Gasteiger charge is 2.16. The predicted octanol–water partition coefficient (Wildman–Crippen LogP) is 3.59. The highest BCUT2D eigenvalue weighted by Crippen LogP contribution is 2.23. The molecule has 3 rings (SSSR count). The van der Waals surface area contributed by atoms with Gasteiger partial charge in [0.2, 0.25) is 5.91 Å². The molecule has 0 fully saturated rings. The highest BCUT2D eigenvalue weighted by atomic mass is 32.2. The van der Waals surface area contributed by atoms with Crippen molar-refractivity contribution in [1.29, 1.82) is 0 Å². The van der Waals surface area contributed by atoms with Gasteiger partial charge in [0.25, 0.3) is 5.56 Å². The summed E-state index contributed by atoms with van der Waals surface area (Å²) in [6, 6.07) is 7.52. The molecule has 0 bridgehead atoms. The molecule has 3 aromatic rings. The summed E-state index contributed by atoms with van der Waals surface area (Å²) in [5.41, 5.74) is 0.897. The predicted molar refractivity (Wildman–Crippen MR) is 104 cm³/mol. The van der Waals surface area contributed by atoms with Crippen LogP contribution in [0.1, 0.15) is 20.3 Å². The number of amides is 1. The summed E-state index contributed by atoms with van der Waals surface area (Å²) in [5.74, 6) is -0.350. The Kier molecular flexibility index (Phi) is 5.73. The number of aromatic nitrogens is 2. The Balaban J connectivity index is 1.97. The minimum Gasteiger partial charge on any atom is -0.353 e. The van der Waals surface area contributed by atoms with E-state index in [4.69, 9.17) is 0 Å². The molecule has 136 valence electrons. The van der Waals surface area contributed by atoms with Crippen molar-refractivity contribution in [3.63, 3.8) is 0 Å². The molecule has 2 aromatic heterocycles. The summed E-state index contributed by atoms with van der Waals surface area (Å²) in [5, 5.41) is 5.10. The van der Waals surface area contributed by atoms with Crippen LogP contribution in [0.4, 0.5) is 4.39 Å². The van der Waals surface area contributed by atoms with Gasteiger partial charge in [-0.25, -0.2) is 9.37 Å². The van der Waals surface area contributed by atoms with E-state index in [0.29, 0.717) is 21.1 Å². The first kappa shape index (κ1) is 18.6. The summed E-state index contributed by atoms with van der Waals surface area (Å²) < 4.78 is 15.2. The van der Waals surface area contributed by atoms with E-state index in [1.165, 1.54) is 51.9 Å². The molecule has 0 aliphatic carbocycles. The zero-order valence-corrected chi connectivity index (χ0v) is 16.0. The number of halogens is 1. The first-order valence-electron chi connectivity index (χ1n) is 8.18. The van der Waals surface area contributed by atoms with Crippen LogP contribution in [0.3, 0.4) is 0 Å². The molecular formula is C18H18FN3O2S2. The smallest absolute Gasteiger partial charge is 0.276 e. The molecule has 0 aliphatic heterocycles. The molecule has 0 aliphatic rings. The molecule has 0 saturated carbocycles. The van der Waals surface area contributed by atoms with Gasteiger partial charge in [0.15, 0.2) is 5.16 Å². The third-order valence-electron chi connectivity index (χ3n) is 3.89. The van der Waals surface area contributed by atoms with Crippen molar-refractivity contribution in [2.45, 2.75) is 31.5 Å². The van der Waals surface area contributed by atoms with Gasteiger partial charge in [-0.3, -0.25) is 14.2 Å². The Morgan fingerprint density at radius 2 is 2.08 bits per heavy atom. The maximum Gasteiger partial charge on any atom is 0.276 e. The molecule has 1 atom stereocenters. The van der Waals surface area contributed by atoms with E-state index < -0.39 is 0 Å². The van der Waals surface area contributed by atoms with E-state index >= 15 is 0 Å². The lowest BCUT2D eigenvalue weighted by atomic mass is 10.3. The molecule has 1 aromatic carbocycles.